The number of hydrogen-bond donors (Lipinski definition) is 2. The summed E-state index contributed by atoms with van der Waals surface area (Å²) in [5, 5.41) is 13.0. The van der Waals surface area contributed by atoms with Crippen LogP contribution in [-0.2, 0) is 10.0 Å². The van der Waals surface area contributed by atoms with Crippen LogP contribution >= 0.6 is 0 Å². The molecule has 0 radical (unpaired) electrons. The Morgan fingerprint density at radius 2 is 1.71 bits per heavy atom. The molecule has 0 amide bonds. The molecule has 156 valence electrons. The first-order valence-electron chi connectivity index (χ1n) is 9.83. The molecule has 1 aliphatic carbocycles. The molecule has 2 heterocycles. The predicted octanol–water partition coefficient (Wildman–Crippen LogP) is 2.33. The van der Waals surface area contributed by atoms with E-state index in [4.69, 9.17) is 0 Å². The lowest BCUT2D eigenvalue weighted by atomic mass is 9.82. The van der Waals surface area contributed by atoms with E-state index in [9.17, 15) is 22.3 Å². The van der Waals surface area contributed by atoms with Gasteiger partial charge in [0, 0.05) is 18.1 Å². The molecular weight excluding hydrogens is 390 g/mol. The first-order chi connectivity index (χ1) is 13.3. The first-order valence-corrected chi connectivity index (χ1v) is 11.3. The lowest BCUT2D eigenvalue weighted by Gasteiger charge is -2.40. The lowest BCUT2D eigenvalue weighted by molar-refractivity contribution is -0.0498. The minimum Gasteiger partial charge on any atom is -0.435 e. The van der Waals surface area contributed by atoms with E-state index in [-0.39, 0.29) is 28.8 Å². The molecule has 28 heavy (non-hydrogen) atoms. The fourth-order valence-electron chi connectivity index (χ4n) is 4.81. The van der Waals surface area contributed by atoms with E-state index in [1.807, 2.05) is 0 Å². The van der Waals surface area contributed by atoms with Gasteiger partial charge in [-0.2, -0.15) is 13.1 Å². The average Bonchev–Trinajstić information content (AvgIpc) is 2.90. The second-order valence-electron chi connectivity index (χ2n) is 8.14. The SMILES string of the molecule is O=S(=O)(c1ccc(OC(F)F)cc1)N1[C@@H]2CC[C@H]1CC(NCC1CC(O)C1)C2. The largest absolute Gasteiger partial charge is 0.435 e. The van der Waals surface area contributed by atoms with Gasteiger partial charge in [0.2, 0.25) is 10.0 Å². The standard InChI is InChI=1S/C19H26F2N2O4S/c20-19(21)27-17-3-5-18(6-4-17)28(25,26)23-14-1-2-15(23)10-13(9-14)22-11-12-7-16(24)8-12/h3-6,12-16,19,22,24H,1-2,7-11H2/t12?,13?,14-,15+,16?. The van der Waals surface area contributed by atoms with E-state index < -0.39 is 16.6 Å². The van der Waals surface area contributed by atoms with Crippen molar-refractivity contribution in [2.24, 2.45) is 5.92 Å². The number of aliphatic hydroxyl groups excluding tert-OH is 1. The Labute approximate surface area is 163 Å². The molecule has 2 aliphatic heterocycles. The average molecular weight is 416 g/mol. The molecule has 1 aromatic carbocycles. The number of rotatable bonds is 7. The Kier molecular flexibility index (Phi) is 5.61. The zero-order valence-electron chi connectivity index (χ0n) is 15.5. The summed E-state index contributed by atoms with van der Waals surface area (Å²) in [6.07, 6.45) is 4.77. The van der Waals surface area contributed by atoms with Crippen LogP contribution in [0.3, 0.4) is 0 Å². The number of fused-ring (bicyclic) bond motifs is 2. The van der Waals surface area contributed by atoms with Gasteiger partial charge in [-0.05, 0) is 75.3 Å². The Bertz CT molecular complexity index is 770. The summed E-state index contributed by atoms with van der Waals surface area (Å²) >= 11 is 0. The van der Waals surface area contributed by atoms with Crippen molar-refractivity contribution in [2.75, 3.05) is 6.54 Å². The van der Waals surface area contributed by atoms with Crippen LogP contribution in [0.4, 0.5) is 8.78 Å². The molecule has 3 atom stereocenters. The van der Waals surface area contributed by atoms with E-state index in [2.05, 4.69) is 10.1 Å². The molecule has 1 aromatic rings. The third-order valence-corrected chi connectivity index (χ3v) is 8.22. The molecule has 1 unspecified atom stereocenters. The maximum atomic E-state index is 13.1. The predicted molar refractivity (Wildman–Crippen MR) is 98.7 cm³/mol. The van der Waals surface area contributed by atoms with Crippen molar-refractivity contribution < 1.29 is 27.0 Å². The van der Waals surface area contributed by atoms with Gasteiger partial charge in [-0.25, -0.2) is 8.42 Å². The fourth-order valence-corrected chi connectivity index (χ4v) is 6.70. The number of ether oxygens (including phenoxy) is 1. The van der Waals surface area contributed by atoms with E-state index in [1.54, 1.807) is 4.31 Å². The zero-order valence-corrected chi connectivity index (χ0v) is 16.3. The van der Waals surface area contributed by atoms with Crippen molar-refractivity contribution in [2.45, 2.75) is 74.3 Å². The van der Waals surface area contributed by atoms with Gasteiger partial charge < -0.3 is 15.2 Å². The molecule has 0 aromatic heterocycles. The van der Waals surface area contributed by atoms with Crippen molar-refractivity contribution in [1.29, 1.82) is 0 Å². The maximum Gasteiger partial charge on any atom is 0.387 e. The summed E-state index contributed by atoms with van der Waals surface area (Å²) < 4.78 is 56.8. The normalized spacial score (nSPS) is 33.1. The highest BCUT2D eigenvalue weighted by Crippen LogP contribution is 2.40. The zero-order chi connectivity index (χ0) is 19.9. The Hall–Kier alpha value is -1.29. The number of benzene rings is 1. The van der Waals surface area contributed by atoms with Gasteiger partial charge in [0.05, 0.1) is 11.0 Å². The van der Waals surface area contributed by atoms with Crippen molar-refractivity contribution in [3.63, 3.8) is 0 Å². The minimum absolute atomic E-state index is 0.0368. The number of hydrogen-bond acceptors (Lipinski definition) is 5. The summed E-state index contributed by atoms with van der Waals surface area (Å²) in [7, 11) is -3.67. The minimum atomic E-state index is -3.67. The second kappa shape index (κ2) is 7.85. The molecule has 3 aliphatic rings. The number of sulfonamides is 1. The number of alkyl halides is 2. The summed E-state index contributed by atoms with van der Waals surface area (Å²) in [5.74, 6) is 0.462. The van der Waals surface area contributed by atoms with Crippen LogP contribution in [0, 0.1) is 5.92 Å². The van der Waals surface area contributed by atoms with Crippen molar-refractivity contribution in [3.05, 3.63) is 24.3 Å². The fraction of sp³-hybridized carbons (Fsp3) is 0.684. The van der Waals surface area contributed by atoms with E-state index >= 15 is 0 Å². The first kappa shape index (κ1) is 20.0. The number of nitrogens with zero attached hydrogens (tertiary/aromatic N) is 1. The van der Waals surface area contributed by atoms with Crippen LogP contribution in [0.2, 0.25) is 0 Å². The van der Waals surface area contributed by atoms with Crippen LogP contribution in [-0.4, -0.2) is 55.2 Å². The Morgan fingerprint density at radius 3 is 2.25 bits per heavy atom. The lowest BCUT2D eigenvalue weighted by Crippen LogP contribution is -2.52. The Morgan fingerprint density at radius 1 is 1.11 bits per heavy atom. The quantitative estimate of drug-likeness (QED) is 0.713. The summed E-state index contributed by atoms with van der Waals surface area (Å²) in [4.78, 5) is 0.112. The molecule has 2 N–H and O–H groups in total. The topological polar surface area (TPSA) is 78.9 Å². The van der Waals surface area contributed by atoms with Gasteiger partial charge in [0.15, 0.2) is 0 Å². The highest BCUT2D eigenvalue weighted by atomic mass is 32.2. The van der Waals surface area contributed by atoms with Crippen LogP contribution in [0.5, 0.6) is 5.75 Å². The molecule has 9 heteroatoms. The number of aliphatic hydroxyl groups is 1. The van der Waals surface area contributed by atoms with Crippen LogP contribution < -0.4 is 10.1 Å². The van der Waals surface area contributed by atoms with Crippen LogP contribution in [0.1, 0.15) is 38.5 Å². The molecule has 3 fully saturated rings. The van der Waals surface area contributed by atoms with Crippen LogP contribution in [0.15, 0.2) is 29.2 Å². The van der Waals surface area contributed by atoms with Gasteiger partial charge >= 0.3 is 6.61 Å². The Balaban J connectivity index is 1.40. The number of piperidine rings is 1. The smallest absolute Gasteiger partial charge is 0.387 e. The van der Waals surface area contributed by atoms with Crippen LogP contribution in [0.25, 0.3) is 0 Å². The van der Waals surface area contributed by atoms with Gasteiger partial charge in [-0.15, -0.1) is 0 Å². The number of halogens is 2. The molecule has 6 nitrogen and oxygen atoms in total. The number of nitrogens with one attached hydrogen (secondary N) is 1. The highest BCUT2D eigenvalue weighted by Gasteiger charge is 2.47. The highest BCUT2D eigenvalue weighted by molar-refractivity contribution is 7.89. The van der Waals surface area contributed by atoms with Gasteiger partial charge in [0.25, 0.3) is 0 Å². The molecule has 2 saturated heterocycles. The van der Waals surface area contributed by atoms with E-state index in [1.165, 1.54) is 24.3 Å². The second-order valence-corrected chi connectivity index (χ2v) is 9.98. The van der Waals surface area contributed by atoms with E-state index in [0.717, 1.165) is 45.1 Å². The summed E-state index contributed by atoms with van der Waals surface area (Å²) in [6, 6.07) is 5.42. The summed E-state index contributed by atoms with van der Waals surface area (Å²) in [5.41, 5.74) is 0. The van der Waals surface area contributed by atoms with Crippen molar-refractivity contribution >= 4 is 10.0 Å². The van der Waals surface area contributed by atoms with Gasteiger partial charge in [-0.1, -0.05) is 0 Å². The monoisotopic (exact) mass is 416 g/mol. The third-order valence-electron chi connectivity index (χ3n) is 6.20. The van der Waals surface area contributed by atoms with Gasteiger partial charge in [0.1, 0.15) is 5.75 Å². The maximum absolute atomic E-state index is 13.1. The van der Waals surface area contributed by atoms with E-state index in [0.29, 0.717) is 12.0 Å². The molecular formula is C19H26F2N2O4S. The molecule has 2 bridgehead atoms. The summed E-state index contributed by atoms with van der Waals surface area (Å²) in [6.45, 7) is -2.06. The van der Waals surface area contributed by atoms with Crippen molar-refractivity contribution in [3.8, 4) is 5.75 Å². The third kappa shape index (κ3) is 4.03. The molecule has 1 saturated carbocycles. The molecule has 4 rings (SSSR count). The van der Waals surface area contributed by atoms with Crippen molar-refractivity contribution in [1.82, 2.24) is 9.62 Å². The van der Waals surface area contributed by atoms with Gasteiger partial charge in [-0.3, -0.25) is 0 Å². The molecule has 0 spiro atoms.